The largest absolute Gasteiger partial charge is 0.384 e. The van der Waals surface area contributed by atoms with Crippen LogP contribution in [0.5, 0.6) is 0 Å². The number of fused-ring (bicyclic) bond motifs is 1. The van der Waals surface area contributed by atoms with Crippen molar-refractivity contribution in [1.82, 2.24) is 15.0 Å². The summed E-state index contributed by atoms with van der Waals surface area (Å²) in [5, 5.41) is 2.81. The molecule has 7 heteroatoms. The molecule has 4 N–H and O–H groups in total. The number of amides is 1. The number of H-pyrrole nitrogens is 1. The van der Waals surface area contributed by atoms with E-state index in [9.17, 15) is 9.18 Å². The van der Waals surface area contributed by atoms with Gasteiger partial charge in [0.25, 0.3) is 5.91 Å². The summed E-state index contributed by atoms with van der Waals surface area (Å²) in [6.07, 6.45) is 1.42. The molecule has 0 aliphatic carbocycles. The fourth-order valence-electron chi connectivity index (χ4n) is 2.57. The molecule has 6 nitrogen and oxygen atoms in total. The molecule has 0 bridgehead atoms. The highest BCUT2D eigenvalue weighted by atomic mass is 19.1. The first-order valence-electron chi connectivity index (χ1n) is 7.87. The minimum atomic E-state index is -0.299. The second-order valence-corrected chi connectivity index (χ2v) is 5.75. The third-order valence-electron chi connectivity index (χ3n) is 3.91. The Morgan fingerprint density at radius 3 is 2.62 bits per heavy atom. The van der Waals surface area contributed by atoms with Crippen LogP contribution < -0.4 is 11.1 Å². The molecule has 0 spiro atoms. The van der Waals surface area contributed by atoms with Crippen LogP contribution in [0, 0.1) is 5.82 Å². The quantitative estimate of drug-likeness (QED) is 0.527. The highest BCUT2D eigenvalue weighted by Crippen LogP contribution is 2.23. The van der Waals surface area contributed by atoms with Crippen LogP contribution in [0.25, 0.3) is 22.4 Å². The van der Waals surface area contributed by atoms with Gasteiger partial charge in [-0.3, -0.25) is 4.79 Å². The van der Waals surface area contributed by atoms with Crippen molar-refractivity contribution in [3.05, 3.63) is 72.2 Å². The van der Waals surface area contributed by atoms with Gasteiger partial charge >= 0.3 is 0 Å². The number of hydrogen-bond donors (Lipinski definition) is 3. The normalized spacial score (nSPS) is 10.8. The third-order valence-corrected chi connectivity index (χ3v) is 3.91. The van der Waals surface area contributed by atoms with E-state index in [0.717, 1.165) is 16.6 Å². The standard InChI is InChI=1S/C19H14FN5O/c20-13-4-1-11(2-5-13)18-24-15-7-6-14(9-16(15)25-18)23-19(26)12-3-8-17(21)22-10-12/h1-10H,(H2,21,22)(H,23,26)(H,24,25). The van der Waals surface area contributed by atoms with Crippen molar-refractivity contribution in [1.29, 1.82) is 0 Å². The summed E-state index contributed by atoms with van der Waals surface area (Å²) in [6, 6.07) is 14.6. The maximum atomic E-state index is 13.1. The van der Waals surface area contributed by atoms with Gasteiger partial charge in [0.15, 0.2) is 0 Å². The minimum absolute atomic E-state index is 0.282. The van der Waals surface area contributed by atoms with Gasteiger partial charge in [-0.05, 0) is 54.6 Å². The molecule has 0 aliphatic rings. The number of aromatic amines is 1. The molecule has 1 amide bonds. The number of hydrogen-bond acceptors (Lipinski definition) is 4. The van der Waals surface area contributed by atoms with E-state index in [1.165, 1.54) is 18.3 Å². The number of carbonyl (C=O) groups excluding carboxylic acids is 1. The Morgan fingerprint density at radius 1 is 1.08 bits per heavy atom. The number of imidazole rings is 1. The van der Waals surface area contributed by atoms with E-state index in [1.807, 2.05) is 0 Å². The molecule has 128 valence electrons. The monoisotopic (exact) mass is 347 g/mol. The fourth-order valence-corrected chi connectivity index (χ4v) is 2.57. The predicted molar refractivity (Wildman–Crippen MR) is 98.1 cm³/mol. The van der Waals surface area contributed by atoms with Crippen LogP contribution in [0.15, 0.2) is 60.8 Å². The second kappa shape index (κ2) is 6.29. The molecule has 2 aromatic carbocycles. The zero-order valence-corrected chi connectivity index (χ0v) is 13.5. The van der Waals surface area contributed by atoms with Gasteiger partial charge in [0.1, 0.15) is 17.5 Å². The average molecular weight is 347 g/mol. The van der Waals surface area contributed by atoms with Gasteiger partial charge in [-0.15, -0.1) is 0 Å². The number of aromatic nitrogens is 3. The van der Waals surface area contributed by atoms with Crippen LogP contribution in [0.1, 0.15) is 10.4 Å². The Bertz CT molecular complexity index is 1090. The maximum Gasteiger partial charge on any atom is 0.257 e. The Morgan fingerprint density at radius 2 is 1.88 bits per heavy atom. The number of nitrogens with zero attached hydrogens (tertiary/aromatic N) is 2. The Hall–Kier alpha value is -3.74. The van der Waals surface area contributed by atoms with Crippen molar-refractivity contribution in [2.45, 2.75) is 0 Å². The van der Waals surface area contributed by atoms with Crippen molar-refractivity contribution >= 4 is 28.4 Å². The average Bonchev–Trinajstić information content (AvgIpc) is 3.06. The molecule has 4 rings (SSSR count). The Balaban J connectivity index is 1.60. The molecule has 0 fully saturated rings. The van der Waals surface area contributed by atoms with E-state index in [0.29, 0.717) is 22.9 Å². The number of benzene rings is 2. The lowest BCUT2D eigenvalue weighted by Gasteiger charge is -2.05. The summed E-state index contributed by atoms with van der Waals surface area (Å²) in [6.45, 7) is 0. The number of anilines is 2. The highest BCUT2D eigenvalue weighted by molar-refractivity contribution is 6.04. The minimum Gasteiger partial charge on any atom is -0.384 e. The number of carbonyl (C=O) groups is 1. The van der Waals surface area contributed by atoms with Crippen molar-refractivity contribution < 1.29 is 9.18 Å². The van der Waals surface area contributed by atoms with Crippen molar-refractivity contribution in [3.8, 4) is 11.4 Å². The molecule has 0 atom stereocenters. The number of nitrogen functional groups attached to an aromatic ring is 1. The van der Waals surface area contributed by atoms with E-state index in [4.69, 9.17) is 5.73 Å². The first kappa shape index (κ1) is 15.8. The lowest BCUT2D eigenvalue weighted by molar-refractivity contribution is 0.102. The molecule has 0 radical (unpaired) electrons. The fraction of sp³-hybridized carbons (Fsp3) is 0. The molecular formula is C19H14FN5O. The van der Waals surface area contributed by atoms with Crippen LogP contribution in [0.3, 0.4) is 0 Å². The molecule has 0 unspecified atom stereocenters. The van der Waals surface area contributed by atoms with Gasteiger partial charge in [0, 0.05) is 17.4 Å². The maximum absolute atomic E-state index is 13.1. The molecule has 4 aromatic rings. The summed E-state index contributed by atoms with van der Waals surface area (Å²) in [5.74, 6) is 0.405. The van der Waals surface area contributed by atoms with Crippen LogP contribution >= 0.6 is 0 Å². The number of rotatable bonds is 3. The Kier molecular flexibility index (Phi) is 3.81. The molecule has 26 heavy (non-hydrogen) atoms. The first-order chi connectivity index (χ1) is 12.6. The van der Waals surface area contributed by atoms with E-state index in [2.05, 4.69) is 20.3 Å². The second-order valence-electron chi connectivity index (χ2n) is 5.75. The number of nitrogens with one attached hydrogen (secondary N) is 2. The number of pyridine rings is 1. The summed E-state index contributed by atoms with van der Waals surface area (Å²) >= 11 is 0. The van der Waals surface area contributed by atoms with Crippen LogP contribution in [0.4, 0.5) is 15.9 Å². The molecule has 2 heterocycles. The summed E-state index contributed by atoms with van der Waals surface area (Å²) in [7, 11) is 0. The van der Waals surface area contributed by atoms with E-state index < -0.39 is 0 Å². The molecule has 0 saturated carbocycles. The zero-order chi connectivity index (χ0) is 18.1. The number of halogens is 1. The first-order valence-corrected chi connectivity index (χ1v) is 7.87. The van der Waals surface area contributed by atoms with Gasteiger partial charge in [-0.25, -0.2) is 14.4 Å². The summed E-state index contributed by atoms with van der Waals surface area (Å²) in [5.41, 5.74) is 8.84. The molecule has 0 aliphatic heterocycles. The van der Waals surface area contributed by atoms with E-state index >= 15 is 0 Å². The van der Waals surface area contributed by atoms with Gasteiger partial charge in [-0.1, -0.05) is 0 Å². The van der Waals surface area contributed by atoms with Gasteiger partial charge in [0.2, 0.25) is 0 Å². The van der Waals surface area contributed by atoms with Crippen molar-refractivity contribution in [2.75, 3.05) is 11.1 Å². The predicted octanol–water partition coefficient (Wildman–Crippen LogP) is 3.60. The number of nitrogens with two attached hydrogens (primary N) is 1. The topological polar surface area (TPSA) is 96.7 Å². The lowest BCUT2D eigenvalue weighted by Crippen LogP contribution is -2.12. The van der Waals surface area contributed by atoms with Gasteiger partial charge in [0.05, 0.1) is 16.6 Å². The SMILES string of the molecule is Nc1ccc(C(=O)Nc2ccc3nc(-c4ccc(F)cc4)[nH]c3c2)cn1. The van der Waals surface area contributed by atoms with Crippen LogP contribution in [-0.2, 0) is 0 Å². The molecular weight excluding hydrogens is 333 g/mol. The summed E-state index contributed by atoms with van der Waals surface area (Å²) in [4.78, 5) is 23.8. The Labute approximate surface area is 147 Å². The third kappa shape index (κ3) is 3.10. The lowest BCUT2D eigenvalue weighted by atomic mass is 10.2. The van der Waals surface area contributed by atoms with Crippen molar-refractivity contribution in [3.63, 3.8) is 0 Å². The summed E-state index contributed by atoms with van der Waals surface area (Å²) < 4.78 is 13.1. The molecule has 0 saturated heterocycles. The van der Waals surface area contributed by atoms with Crippen LogP contribution in [0.2, 0.25) is 0 Å². The molecule has 2 aromatic heterocycles. The van der Waals surface area contributed by atoms with Crippen molar-refractivity contribution in [2.24, 2.45) is 0 Å². The van der Waals surface area contributed by atoms with E-state index in [-0.39, 0.29) is 11.7 Å². The van der Waals surface area contributed by atoms with Crippen LogP contribution in [-0.4, -0.2) is 20.9 Å². The van der Waals surface area contributed by atoms with Gasteiger partial charge < -0.3 is 16.0 Å². The van der Waals surface area contributed by atoms with E-state index in [1.54, 1.807) is 42.5 Å². The smallest absolute Gasteiger partial charge is 0.257 e. The zero-order valence-electron chi connectivity index (χ0n) is 13.5. The van der Waals surface area contributed by atoms with Gasteiger partial charge in [-0.2, -0.15) is 0 Å². The highest BCUT2D eigenvalue weighted by Gasteiger charge is 2.09.